The first-order valence-corrected chi connectivity index (χ1v) is 11.9. The number of ether oxygens (including phenoxy) is 1. The minimum Gasteiger partial charge on any atom is -0.372 e. The van der Waals surface area contributed by atoms with Gasteiger partial charge in [-0.1, -0.05) is 55.8 Å². The first-order chi connectivity index (χ1) is 16.3. The Morgan fingerprint density at radius 3 is 2.21 bits per heavy atom. The van der Waals surface area contributed by atoms with Crippen LogP contribution >= 0.6 is 0 Å². The van der Waals surface area contributed by atoms with E-state index < -0.39 is 36.0 Å². The molecule has 4 rings (SSSR count). The second-order valence-corrected chi connectivity index (χ2v) is 8.88. The lowest BCUT2D eigenvalue weighted by atomic mass is 9.79. The van der Waals surface area contributed by atoms with Crippen LogP contribution < -0.4 is 0 Å². The lowest BCUT2D eigenvalue weighted by Crippen LogP contribution is -2.41. The normalized spacial score (nSPS) is 19.8. The molecule has 0 radical (unpaired) electrons. The Kier molecular flexibility index (Phi) is 7.36. The van der Waals surface area contributed by atoms with E-state index >= 15 is 8.78 Å². The van der Waals surface area contributed by atoms with Crippen LogP contribution in [0.25, 0.3) is 22.3 Å². The highest BCUT2D eigenvalue weighted by atomic mass is 19.3. The average Bonchev–Trinajstić information content (AvgIpc) is 2.83. The van der Waals surface area contributed by atoms with Crippen molar-refractivity contribution in [3.63, 3.8) is 0 Å². The number of benzene rings is 2. The predicted molar refractivity (Wildman–Crippen MR) is 126 cm³/mol. The van der Waals surface area contributed by atoms with Gasteiger partial charge in [-0.05, 0) is 54.9 Å². The van der Waals surface area contributed by atoms with E-state index in [0.717, 1.165) is 29.7 Å². The quantitative estimate of drug-likeness (QED) is 0.326. The monoisotopic (exact) mass is 471 g/mol. The summed E-state index contributed by atoms with van der Waals surface area (Å²) in [4.78, 5) is 4.46. The third-order valence-electron chi connectivity index (χ3n) is 6.55. The molecule has 0 spiro atoms. The van der Waals surface area contributed by atoms with Crippen LogP contribution in [0.5, 0.6) is 0 Å². The van der Waals surface area contributed by atoms with Gasteiger partial charge >= 0.3 is 0 Å². The summed E-state index contributed by atoms with van der Waals surface area (Å²) in [5.41, 5.74) is 3.53. The number of alkyl halides is 2. The van der Waals surface area contributed by atoms with E-state index in [1.54, 1.807) is 19.1 Å². The number of aryl methyl sites for hydroxylation is 1. The SMILES string of the molecule is CCCc1ccc(-c2ccc(-c3ccc(C4CCC(OCC)C(F)(F)C4)c(F)c3F)cc2)cn1. The van der Waals surface area contributed by atoms with Gasteiger partial charge in [-0.15, -0.1) is 0 Å². The molecule has 1 aliphatic rings. The number of aromatic nitrogens is 1. The van der Waals surface area contributed by atoms with Crippen molar-refractivity contribution in [2.45, 2.75) is 63.9 Å². The molecule has 3 aromatic rings. The van der Waals surface area contributed by atoms with Gasteiger partial charge in [0.1, 0.15) is 6.10 Å². The standard InChI is InChI=1S/C28H29F4NO/c1-3-5-22-12-10-21(17-33-22)18-6-8-19(9-7-18)23-13-14-24(27(30)26(23)29)20-11-15-25(34-4-2)28(31,32)16-20/h6-10,12-14,17,20,25H,3-5,11,15-16H2,1-2H3. The molecule has 1 aliphatic carbocycles. The number of rotatable bonds is 7. The van der Waals surface area contributed by atoms with Crippen LogP contribution in [0, 0.1) is 11.6 Å². The Bertz CT molecular complexity index is 1110. The van der Waals surface area contributed by atoms with Gasteiger partial charge in [0.25, 0.3) is 5.92 Å². The van der Waals surface area contributed by atoms with Gasteiger partial charge in [-0.25, -0.2) is 17.6 Å². The summed E-state index contributed by atoms with van der Waals surface area (Å²) >= 11 is 0. The number of nitrogens with zero attached hydrogens (tertiary/aromatic N) is 1. The Labute approximate surface area is 198 Å². The highest BCUT2D eigenvalue weighted by Crippen LogP contribution is 2.44. The van der Waals surface area contributed by atoms with Gasteiger partial charge in [0.05, 0.1) is 0 Å². The van der Waals surface area contributed by atoms with Crippen LogP contribution in [-0.2, 0) is 11.2 Å². The first-order valence-electron chi connectivity index (χ1n) is 11.9. The maximum Gasteiger partial charge on any atom is 0.274 e. The summed E-state index contributed by atoms with van der Waals surface area (Å²) in [6.45, 7) is 3.97. The van der Waals surface area contributed by atoms with Crippen LogP contribution in [0.3, 0.4) is 0 Å². The van der Waals surface area contributed by atoms with Crippen LogP contribution in [0.2, 0.25) is 0 Å². The molecule has 0 aliphatic heterocycles. The van der Waals surface area contributed by atoms with Crippen molar-refractivity contribution in [1.29, 1.82) is 0 Å². The van der Waals surface area contributed by atoms with E-state index in [9.17, 15) is 8.78 Å². The molecule has 1 heterocycles. The molecule has 1 saturated carbocycles. The van der Waals surface area contributed by atoms with Crippen molar-refractivity contribution >= 4 is 0 Å². The summed E-state index contributed by atoms with van der Waals surface area (Å²) in [6.07, 6.45) is 2.49. The fourth-order valence-corrected chi connectivity index (χ4v) is 4.74. The summed E-state index contributed by atoms with van der Waals surface area (Å²) in [5, 5.41) is 0. The zero-order valence-electron chi connectivity index (χ0n) is 19.5. The number of hydrogen-bond donors (Lipinski definition) is 0. The molecule has 0 bridgehead atoms. The molecule has 0 saturated heterocycles. The molecule has 2 aromatic carbocycles. The van der Waals surface area contributed by atoms with Crippen molar-refractivity contribution in [2.75, 3.05) is 6.61 Å². The number of halogens is 4. The van der Waals surface area contributed by atoms with Crippen molar-refractivity contribution in [2.24, 2.45) is 0 Å². The molecular weight excluding hydrogens is 442 g/mol. The van der Waals surface area contributed by atoms with E-state index in [-0.39, 0.29) is 24.2 Å². The molecule has 6 heteroatoms. The van der Waals surface area contributed by atoms with Gasteiger partial charge in [0, 0.05) is 36.0 Å². The fraction of sp³-hybridized carbons (Fsp3) is 0.393. The van der Waals surface area contributed by atoms with E-state index in [1.165, 1.54) is 12.1 Å². The van der Waals surface area contributed by atoms with Crippen LogP contribution in [0.1, 0.15) is 56.7 Å². The van der Waals surface area contributed by atoms with Crippen LogP contribution in [-0.4, -0.2) is 23.6 Å². The molecule has 2 nitrogen and oxygen atoms in total. The Morgan fingerprint density at radius 2 is 1.59 bits per heavy atom. The van der Waals surface area contributed by atoms with Gasteiger partial charge in [-0.2, -0.15) is 0 Å². The van der Waals surface area contributed by atoms with Crippen molar-refractivity contribution in [3.8, 4) is 22.3 Å². The van der Waals surface area contributed by atoms with Gasteiger partial charge < -0.3 is 4.74 Å². The summed E-state index contributed by atoms with van der Waals surface area (Å²) in [6, 6.07) is 14.1. The molecule has 0 amide bonds. The zero-order chi connectivity index (χ0) is 24.3. The molecule has 0 N–H and O–H groups in total. The summed E-state index contributed by atoms with van der Waals surface area (Å²) in [5.74, 6) is -5.88. The summed E-state index contributed by atoms with van der Waals surface area (Å²) in [7, 11) is 0. The van der Waals surface area contributed by atoms with Crippen molar-refractivity contribution in [3.05, 3.63) is 77.6 Å². The Hall–Kier alpha value is -2.73. The van der Waals surface area contributed by atoms with E-state index in [1.807, 2.05) is 30.5 Å². The van der Waals surface area contributed by atoms with Gasteiger partial charge in [-0.3, -0.25) is 4.98 Å². The Balaban J connectivity index is 1.54. The lowest BCUT2D eigenvalue weighted by Gasteiger charge is -2.36. The lowest BCUT2D eigenvalue weighted by molar-refractivity contribution is -0.159. The molecular formula is C28H29F4NO. The van der Waals surface area contributed by atoms with Gasteiger partial charge in [0.2, 0.25) is 0 Å². The molecule has 1 aromatic heterocycles. The molecule has 2 atom stereocenters. The minimum absolute atomic E-state index is 0.00531. The van der Waals surface area contributed by atoms with Crippen LogP contribution in [0.15, 0.2) is 54.7 Å². The van der Waals surface area contributed by atoms with E-state index in [2.05, 4.69) is 11.9 Å². The number of hydrogen-bond acceptors (Lipinski definition) is 2. The second kappa shape index (κ2) is 10.3. The minimum atomic E-state index is -3.07. The highest BCUT2D eigenvalue weighted by molar-refractivity contribution is 5.70. The second-order valence-electron chi connectivity index (χ2n) is 8.88. The van der Waals surface area contributed by atoms with Crippen LogP contribution in [0.4, 0.5) is 17.6 Å². The van der Waals surface area contributed by atoms with Crippen molar-refractivity contribution in [1.82, 2.24) is 4.98 Å². The topological polar surface area (TPSA) is 22.1 Å². The Morgan fingerprint density at radius 1 is 0.882 bits per heavy atom. The third-order valence-corrected chi connectivity index (χ3v) is 6.55. The van der Waals surface area contributed by atoms with E-state index in [4.69, 9.17) is 4.74 Å². The third kappa shape index (κ3) is 5.02. The molecule has 2 unspecified atom stereocenters. The fourth-order valence-electron chi connectivity index (χ4n) is 4.74. The molecule has 180 valence electrons. The summed E-state index contributed by atoms with van der Waals surface area (Å²) < 4.78 is 64.1. The van der Waals surface area contributed by atoms with E-state index in [0.29, 0.717) is 12.0 Å². The highest BCUT2D eigenvalue weighted by Gasteiger charge is 2.46. The average molecular weight is 472 g/mol. The maximum atomic E-state index is 15.0. The smallest absolute Gasteiger partial charge is 0.274 e. The first kappa shape index (κ1) is 24.4. The largest absolute Gasteiger partial charge is 0.372 e. The van der Waals surface area contributed by atoms with Crippen molar-refractivity contribution < 1.29 is 22.3 Å². The predicted octanol–water partition coefficient (Wildman–Crippen LogP) is 7.95. The maximum absolute atomic E-state index is 15.0. The molecule has 1 fully saturated rings. The van der Waals surface area contributed by atoms with Gasteiger partial charge in [0.15, 0.2) is 11.6 Å². The molecule has 34 heavy (non-hydrogen) atoms. The zero-order valence-corrected chi connectivity index (χ0v) is 19.5. The number of pyridine rings is 1.